The summed E-state index contributed by atoms with van der Waals surface area (Å²) in [6.45, 7) is 2.78. The molecule has 1 aliphatic heterocycles. The molecule has 1 heterocycles. The van der Waals surface area contributed by atoms with E-state index in [1.54, 1.807) is 0 Å². The van der Waals surface area contributed by atoms with Gasteiger partial charge in [0.25, 0.3) is 0 Å². The number of hydrogen-bond acceptors (Lipinski definition) is 3. The standard InChI is InChI=1S/C11H20F2N2O2S/c1-2-3-4-14-11(18)15-5-7(10(12)13)9(17)8(16)6-15/h7-10,16-17H,2-6H2,1H3,(H,14,18)/t7-,8+,9+/m0/s1. The van der Waals surface area contributed by atoms with Crippen LogP contribution in [0, 0.1) is 5.92 Å². The van der Waals surface area contributed by atoms with Crippen molar-refractivity contribution in [3.63, 3.8) is 0 Å². The maximum absolute atomic E-state index is 12.7. The highest BCUT2D eigenvalue weighted by molar-refractivity contribution is 7.80. The van der Waals surface area contributed by atoms with E-state index < -0.39 is 24.6 Å². The van der Waals surface area contributed by atoms with Gasteiger partial charge in [-0.25, -0.2) is 8.78 Å². The molecule has 3 N–H and O–H groups in total. The zero-order valence-electron chi connectivity index (χ0n) is 10.4. The number of aliphatic hydroxyl groups excluding tert-OH is 2. The molecule has 0 amide bonds. The Balaban J connectivity index is 2.53. The molecule has 0 unspecified atom stereocenters. The fourth-order valence-electron chi connectivity index (χ4n) is 1.93. The molecule has 1 fully saturated rings. The first kappa shape index (κ1) is 15.5. The molecule has 1 aliphatic rings. The molecule has 0 bridgehead atoms. The van der Waals surface area contributed by atoms with Crippen LogP contribution in [0.2, 0.25) is 0 Å². The summed E-state index contributed by atoms with van der Waals surface area (Å²) in [6, 6.07) is 0. The first-order valence-corrected chi connectivity index (χ1v) is 6.55. The first-order chi connectivity index (χ1) is 8.47. The van der Waals surface area contributed by atoms with Crippen LogP contribution in [-0.2, 0) is 0 Å². The maximum atomic E-state index is 12.7. The molecule has 7 heteroatoms. The molecule has 3 atom stereocenters. The van der Waals surface area contributed by atoms with Gasteiger partial charge in [-0.2, -0.15) is 0 Å². The lowest BCUT2D eigenvalue weighted by Crippen LogP contribution is -2.58. The molecule has 0 aliphatic carbocycles. The monoisotopic (exact) mass is 282 g/mol. The number of nitrogens with one attached hydrogen (secondary N) is 1. The highest BCUT2D eigenvalue weighted by Gasteiger charge is 2.40. The van der Waals surface area contributed by atoms with Crippen LogP contribution in [0.5, 0.6) is 0 Å². The van der Waals surface area contributed by atoms with E-state index in [1.165, 1.54) is 4.90 Å². The number of nitrogens with zero attached hydrogens (tertiary/aromatic N) is 1. The summed E-state index contributed by atoms with van der Waals surface area (Å²) >= 11 is 5.10. The number of unbranched alkanes of at least 4 members (excludes halogenated alkanes) is 1. The number of thiocarbonyl (C=S) groups is 1. The summed E-state index contributed by atoms with van der Waals surface area (Å²) < 4.78 is 25.5. The number of likely N-dealkylation sites (tertiary alicyclic amines) is 1. The topological polar surface area (TPSA) is 55.7 Å². The third kappa shape index (κ3) is 4.00. The average molecular weight is 282 g/mol. The van der Waals surface area contributed by atoms with Crippen LogP contribution in [0.15, 0.2) is 0 Å². The van der Waals surface area contributed by atoms with Crippen molar-refractivity contribution < 1.29 is 19.0 Å². The van der Waals surface area contributed by atoms with E-state index in [2.05, 4.69) is 5.32 Å². The lowest BCUT2D eigenvalue weighted by atomic mass is 9.93. The van der Waals surface area contributed by atoms with E-state index in [-0.39, 0.29) is 13.1 Å². The van der Waals surface area contributed by atoms with Crippen LogP contribution in [0.1, 0.15) is 19.8 Å². The smallest absolute Gasteiger partial charge is 0.245 e. The Kier molecular flexibility index (Phi) is 6.17. The summed E-state index contributed by atoms with van der Waals surface area (Å²) in [6.07, 6.45) is -3.30. The summed E-state index contributed by atoms with van der Waals surface area (Å²) in [5.74, 6) is -1.26. The second-order valence-electron chi connectivity index (χ2n) is 4.55. The lowest BCUT2D eigenvalue weighted by molar-refractivity contribution is -0.104. The zero-order chi connectivity index (χ0) is 13.7. The highest BCUT2D eigenvalue weighted by atomic mass is 32.1. The van der Waals surface area contributed by atoms with Crippen LogP contribution in [0.25, 0.3) is 0 Å². The van der Waals surface area contributed by atoms with Crippen molar-refractivity contribution in [3.05, 3.63) is 0 Å². The first-order valence-electron chi connectivity index (χ1n) is 6.14. The number of rotatable bonds is 4. The van der Waals surface area contributed by atoms with Gasteiger partial charge in [-0.15, -0.1) is 0 Å². The third-order valence-corrected chi connectivity index (χ3v) is 3.49. The van der Waals surface area contributed by atoms with Gasteiger partial charge in [-0.3, -0.25) is 0 Å². The van der Waals surface area contributed by atoms with Crippen molar-refractivity contribution in [3.8, 4) is 0 Å². The molecule has 106 valence electrons. The molecular formula is C11H20F2N2O2S. The Morgan fingerprint density at radius 2 is 2.11 bits per heavy atom. The minimum absolute atomic E-state index is 0.0339. The van der Waals surface area contributed by atoms with Crippen LogP contribution >= 0.6 is 12.2 Å². The molecule has 0 aromatic rings. The van der Waals surface area contributed by atoms with Crippen molar-refractivity contribution in [2.75, 3.05) is 19.6 Å². The SMILES string of the molecule is CCCCNC(=S)N1C[C@@H](O)[C@H](O)[C@@H](C(F)F)C1. The minimum Gasteiger partial charge on any atom is -0.390 e. The van der Waals surface area contributed by atoms with Crippen molar-refractivity contribution in [2.24, 2.45) is 5.92 Å². The van der Waals surface area contributed by atoms with E-state index in [0.717, 1.165) is 12.8 Å². The molecule has 0 aromatic carbocycles. The largest absolute Gasteiger partial charge is 0.390 e. The molecule has 1 saturated heterocycles. The fraction of sp³-hybridized carbons (Fsp3) is 0.909. The van der Waals surface area contributed by atoms with Crippen LogP contribution in [-0.4, -0.2) is 58.5 Å². The van der Waals surface area contributed by atoms with Gasteiger partial charge in [0.1, 0.15) is 0 Å². The Labute approximate surface area is 111 Å². The number of halogens is 2. The van der Waals surface area contributed by atoms with Crippen molar-refractivity contribution >= 4 is 17.3 Å². The predicted molar refractivity (Wildman–Crippen MR) is 68.6 cm³/mol. The van der Waals surface area contributed by atoms with Gasteiger partial charge in [0.05, 0.1) is 18.1 Å². The number of hydrogen-bond donors (Lipinski definition) is 3. The second-order valence-corrected chi connectivity index (χ2v) is 4.93. The Morgan fingerprint density at radius 1 is 1.44 bits per heavy atom. The van der Waals surface area contributed by atoms with Gasteiger partial charge in [-0.1, -0.05) is 13.3 Å². The molecule has 0 radical (unpaired) electrons. The van der Waals surface area contributed by atoms with E-state index in [9.17, 15) is 19.0 Å². The van der Waals surface area contributed by atoms with Gasteiger partial charge in [-0.05, 0) is 18.6 Å². The fourth-order valence-corrected chi connectivity index (χ4v) is 2.19. The third-order valence-electron chi connectivity index (χ3n) is 3.09. The highest BCUT2D eigenvalue weighted by Crippen LogP contribution is 2.23. The van der Waals surface area contributed by atoms with E-state index in [1.807, 2.05) is 6.92 Å². The van der Waals surface area contributed by atoms with Crippen molar-refractivity contribution in [1.82, 2.24) is 10.2 Å². The van der Waals surface area contributed by atoms with E-state index in [0.29, 0.717) is 11.7 Å². The van der Waals surface area contributed by atoms with Crippen LogP contribution < -0.4 is 5.32 Å². The average Bonchev–Trinajstić information content (AvgIpc) is 2.32. The zero-order valence-corrected chi connectivity index (χ0v) is 11.2. The predicted octanol–water partition coefficient (Wildman–Crippen LogP) is 0.580. The van der Waals surface area contributed by atoms with E-state index >= 15 is 0 Å². The summed E-state index contributed by atoms with van der Waals surface area (Å²) in [4.78, 5) is 1.50. The molecule has 1 rings (SSSR count). The van der Waals surface area contributed by atoms with E-state index in [4.69, 9.17) is 12.2 Å². The number of β-amino-alcohol motifs (C(OH)–C–C–N with tert-alkyl or cyclic N) is 1. The maximum Gasteiger partial charge on any atom is 0.245 e. The summed E-state index contributed by atoms with van der Waals surface area (Å²) in [7, 11) is 0. The Bertz CT molecular complexity index is 282. The minimum atomic E-state index is -2.67. The Hall–Kier alpha value is -0.530. The number of aliphatic hydroxyl groups is 2. The van der Waals surface area contributed by atoms with Crippen molar-refractivity contribution in [2.45, 2.75) is 38.4 Å². The van der Waals surface area contributed by atoms with Gasteiger partial charge in [0.2, 0.25) is 6.43 Å². The van der Waals surface area contributed by atoms with Gasteiger partial charge in [0, 0.05) is 19.6 Å². The Morgan fingerprint density at radius 3 is 2.67 bits per heavy atom. The summed E-state index contributed by atoms with van der Waals surface area (Å²) in [5, 5.41) is 22.4. The number of alkyl halides is 2. The van der Waals surface area contributed by atoms with Crippen LogP contribution in [0.3, 0.4) is 0 Å². The number of piperidine rings is 1. The molecule has 0 saturated carbocycles. The quantitative estimate of drug-likeness (QED) is 0.520. The van der Waals surface area contributed by atoms with Crippen LogP contribution in [0.4, 0.5) is 8.78 Å². The molecule has 0 aromatic heterocycles. The van der Waals surface area contributed by atoms with Gasteiger partial charge < -0.3 is 20.4 Å². The van der Waals surface area contributed by atoms with Crippen molar-refractivity contribution in [1.29, 1.82) is 0 Å². The van der Waals surface area contributed by atoms with Gasteiger partial charge in [0.15, 0.2) is 5.11 Å². The van der Waals surface area contributed by atoms with Gasteiger partial charge >= 0.3 is 0 Å². The summed E-state index contributed by atoms with van der Waals surface area (Å²) in [5.41, 5.74) is 0. The normalized spacial score (nSPS) is 28.6. The second kappa shape index (κ2) is 7.16. The molecule has 4 nitrogen and oxygen atoms in total. The molecule has 0 spiro atoms. The molecule has 18 heavy (non-hydrogen) atoms. The lowest BCUT2D eigenvalue weighted by Gasteiger charge is -2.40. The molecular weight excluding hydrogens is 262 g/mol.